The Kier molecular flexibility index (Phi) is 6.99. The first-order chi connectivity index (χ1) is 18.4. The second kappa shape index (κ2) is 9.62. The number of halogens is 6. The van der Waals surface area contributed by atoms with Gasteiger partial charge in [0.2, 0.25) is 0 Å². The van der Waals surface area contributed by atoms with Crippen LogP contribution in [0.25, 0.3) is 11.1 Å². The molecular weight excluding hydrogens is 594 g/mol. The first-order valence-corrected chi connectivity index (χ1v) is 13.7. The van der Waals surface area contributed by atoms with Crippen LogP contribution in [-0.2, 0) is 26.7 Å². The van der Waals surface area contributed by atoms with E-state index >= 15 is 0 Å². The van der Waals surface area contributed by atoms with E-state index in [2.05, 4.69) is 8.37 Å². The number of benzene rings is 3. The predicted octanol–water partition coefficient (Wildman–Crippen LogP) is 5.15. The minimum absolute atomic E-state index is 0.00784. The third kappa shape index (κ3) is 4.92. The molecule has 0 bridgehead atoms. The molecule has 0 fully saturated rings. The lowest BCUT2D eigenvalue weighted by atomic mass is 9.79. The molecule has 3 aromatic rings. The van der Waals surface area contributed by atoms with E-state index in [0.717, 1.165) is 11.6 Å². The summed E-state index contributed by atoms with van der Waals surface area (Å²) in [6, 6.07) is 11.0. The van der Waals surface area contributed by atoms with E-state index in [4.69, 9.17) is 0 Å². The van der Waals surface area contributed by atoms with Crippen molar-refractivity contribution in [2.75, 3.05) is 0 Å². The first kappa shape index (κ1) is 29.1. The van der Waals surface area contributed by atoms with Crippen molar-refractivity contribution >= 4 is 31.8 Å². The number of carbonyl (C=O) groups excluding carboxylic acids is 2. The number of carbonyl (C=O) groups is 2. The lowest BCUT2D eigenvalue weighted by molar-refractivity contribution is -0.0513. The smallest absolute Gasteiger partial charge is 0.372 e. The van der Waals surface area contributed by atoms with Crippen molar-refractivity contribution < 1.29 is 61.1 Å². The minimum Gasteiger partial charge on any atom is -0.372 e. The summed E-state index contributed by atoms with van der Waals surface area (Å²) in [5.41, 5.74) is -14.7. The Morgan fingerprint density at radius 1 is 0.675 bits per heavy atom. The zero-order valence-electron chi connectivity index (χ0n) is 19.8. The molecule has 16 heteroatoms. The molecule has 4 rings (SSSR count). The Hall–Kier alpha value is -3.92. The number of fused-ring (bicyclic) bond motifs is 2. The maximum absolute atomic E-state index is 13.5. The van der Waals surface area contributed by atoms with E-state index in [9.17, 15) is 52.8 Å². The molecule has 40 heavy (non-hydrogen) atoms. The average molecular weight is 608 g/mol. The Morgan fingerprint density at radius 3 is 1.62 bits per heavy atom. The molecular formula is C24H14F6O8S2. The summed E-state index contributed by atoms with van der Waals surface area (Å²) in [6.07, 6.45) is 0.531. The summed E-state index contributed by atoms with van der Waals surface area (Å²) >= 11 is 0. The van der Waals surface area contributed by atoms with E-state index in [-0.39, 0.29) is 11.1 Å². The molecule has 212 valence electrons. The van der Waals surface area contributed by atoms with E-state index in [1.165, 1.54) is 42.5 Å². The normalized spacial score (nSPS) is 14.0. The number of alkyl halides is 6. The largest absolute Gasteiger partial charge is 0.534 e. The van der Waals surface area contributed by atoms with Crippen molar-refractivity contribution in [1.82, 2.24) is 0 Å². The zero-order chi connectivity index (χ0) is 29.8. The highest BCUT2D eigenvalue weighted by Crippen LogP contribution is 2.47. The van der Waals surface area contributed by atoms with Crippen LogP contribution in [0.5, 0.6) is 11.5 Å². The molecule has 0 aliphatic heterocycles. The molecule has 0 aromatic heterocycles. The van der Waals surface area contributed by atoms with Crippen molar-refractivity contribution in [2.45, 2.75) is 24.4 Å². The molecule has 0 N–H and O–H groups in total. The maximum atomic E-state index is 13.5. The molecule has 0 amide bonds. The molecule has 0 atom stereocenters. The molecule has 0 saturated carbocycles. The van der Waals surface area contributed by atoms with Gasteiger partial charge >= 0.3 is 31.3 Å². The summed E-state index contributed by atoms with van der Waals surface area (Å²) < 4.78 is 135. The molecule has 0 heterocycles. The summed E-state index contributed by atoms with van der Waals surface area (Å²) in [5.74, 6) is -5.95. The average Bonchev–Trinajstić information content (AvgIpc) is 2.86. The molecule has 1 aliphatic rings. The maximum Gasteiger partial charge on any atom is 0.534 e. The molecule has 3 aromatic carbocycles. The van der Waals surface area contributed by atoms with E-state index in [1.54, 1.807) is 6.92 Å². The topological polar surface area (TPSA) is 121 Å². The van der Waals surface area contributed by atoms with Gasteiger partial charge in [-0.25, -0.2) is 0 Å². The fourth-order valence-corrected chi connectivity index (χ4v) is 4.79. The molecule has 0 unspecified atom stereocenters. The van der Waals surface area contributed by atoms with Gasteiger partial charge in [0.1, 0.15) is 0 Å². The number of ketones is 2. The predicted molar refractivity (Wildman–Crippen MR) is 126 cm³/mol. The van der Waals surface area contributed by atoms with Gasteiger partial charge < -0.3 is 8.37 Å². The van der Waals surface area contributed by atoms with Crippen molar-refractivity contribution in [3.8, 4) is 22.6 Å². The Balaban J connectivity index is 2.15. The van der Waals surface area contributed by atoms with Gasteiger partial charge in [-0.2, -0.15) is 43.2 Å². The van der Waals surface area contributed by atoms with Crippen LogP contribution in [0.2, 0.25) is 0 Å². The van der Waals surface area contributed by atoms with Crippen LogP contribution in [-0.4, -0.2) is 39.4 Å². The molecule has 1 aliphatic carbocycles. The van der Waals surface area contributed by atoms with E-state index in [1.807, 2.05) is 0 Å². The van der Waals surface area contributed by atoms with Gasteiger partial charge in [0.15, 0.2) is 23.1 Å². The Labute approximate surface area is 222 Å². The van der Waals surface area contributed by atoms with Crippen LogP contribution in [0.4, 0.5) is 26.3 Å². The summed E-state index contributed by atoms with van der Waals surface area (Å²) in [4.78, 5) is 27.0. The fraction of sp³-hybridized carbons (Fsp3) is 0.167. The van der Waals surface area contributed by atoms with Crippen molar-refractivity contribution in [3.05, 3.63) is 82.4 Å². The summed E-state index contributed by atoms with van der Waals surface area (Å²) in [6.45, 7) is 1.79. The van der Waals surface area contributed by atoms with Crippen LogP contribution < -0.4 is 8.37 Å². The number of rotatable bonds is 6. The molecule has 0 saturated heterocycles. The Morgan fingerprint density at radius 2 is 1.15 bits per heavy atom. The van der Waals surface area contributed by atoms with Crippen molar-refractivity contribution in [1.29, 1.82) is 0 Å². The monoisotopic (exact) mass is 608 g/mol. The number of hydrogen-bond acceptors (Lipinski definition) is 8. The first-order valence-electron chi connectivity index (χ1n) is 10.9. The highest BCUT2D eigenvalue weighted by atomic mass is 32.2. The third-order valence-electron chi connectivity index (χ3n) is 5.75. The van der Waals surface area contributed by atoms with Crippen LogP contribution in [0.1, 0.15) is 44.3 Å². The lowest BCUT2D eigenvalue weighted by Crippen LogP contribution is -2.32. The SMILES string of the molecule is CCc1ccc(-c2cc(OS(=O)(=O)C(F)(F)F)c(OS(=O)(=O)C(F)(F)F)c3c2C(=O)c2ccccc2C3=O)cc1. The molecule has 0 spiro atoms. The highest BCUT2D eigenvalue weighted by molar-refractivity contribution is 7.88. The lowest BCUT2D eigenvalue weighted by Gasteiger charge is -2.25. The van der Waals surface area contributed by atoms with E-state index in [0.29, 0.717) is 12.5 Å². The zero-order valence-corrected chi connectivity index (χ0v) is 21.4. The highest BCUT2D eigenvalue weighted by Gasteiger charge is 2.52. The van der Waals surface area contributed by atoms with Crippen LogP contribution in [0.15, 0.2) is 54.6 Å². The second-order valence-electron chi connectivity index (χ2n) is 8.22. The second-order valence-corrected chi connectivity index (χ2v) is 11.3. The summed E-state index contributed by atoms with van der Waals surface area (Å²) in [5, 5.41) is 0. The Bertz CT molecular complexity index is 1760. The standard InChI is InChI=1S/C24H14F6O8S2/c1-2-12-7-9-13(10-8-12)16-11-17(37-39(33,34)23(25,26)27)22(38-40(35,36)24(28,29)30)19-18(16)20(31)14-5-3-4-6-15(14)21(19)32/h3-11H,2H2,1H3. The molecule has 8 nitrogen and oxygen atoms in total. The number of hydrogen-bond donors (Lipinski definition) is 0. The van der Waals surface area contributed by atoms with Crippen LogP contribution in [0, 0.1) is 0 Å². The van der Waals surface area contributed by atoms with Gasteiger partial charge in [0.05, 0.1) is 5.56 Å². The van der Waals surface area contributed by atoms with Crippen molar-refractivity contribution in [3.63, 3.8) is 0 Å². The van der Waals surface area contributed by atoms with Gasteiger partial charge in [-0.05, 0) is 29.2 Å². The molecule has 0 radical (unpaired) electrons. The summed E-state index contributed by atoms with van der Waals surface area (Å²) in [7, 11) is -13.4. The number of aryl methyl sites for hydroxylation is 1. The van der Waals surface area contributed by atoms with Gasteiger partial charge in [-0.3, -0.25) is 9.59 Å². The van der Waals surface area contributed by atoms with Gasteiger partial charge in [0, 0.05) is 16.7 Å². The van der Waals surface area contributed by atoms with Gasteiger partial charge in [-0.1, -0.05) is 55.5 Å². The van der Waals surface area contributed by atoms with Gasteiger partial charge in [0.25, 0.3) is 0 Å². The van der Waals surface area contributed by atoms with Gasteiger partial charge in [-0.15, -0.1) is 0 Å². The van der Waals surface area contributed by atoms with Crippen LogP contribution >= 0.6 is 0 Å². The van der Waals surface area contributed by atoms with Crippen molar-refractivity contribution in [2.24, 2.45) is 0 Å². The van der Waals surface area contributed by atoms with Crippen LogP contribution in [0.3, 0.4) is 0 Å². The quantitative estimate of drug-likeness (QED) is 0.168. The van der Waals surface area contributed by atoms with E-state index < -0.39 is 76.6 Å². The third-order valence-corrected chi connectivity index (χ3v) is 7.67. The minimum atomic E-state index is -6.72. The fourth-order valence-electron chi connectivity index (χ4n) is 3.86.